The molecule has 0 saturated carbocycles. The van der Waals surface area contributed by atoms with E-state index in [4.69, 9.17) is 11.6 Å². The summed E-state index contributed by atoms with van der Waals surface area (Å²) in [7, 11) is 0. The molecule has 19 heavy (non-hydrogen) atoms. The first-order valence-corrected chi connectivity index (χ1v) is 7.05. The molecule has 0 fully saturated rings. The number of hydrogen-bond acceptors (Lipinski definition) is 2. The summed E-state index contributed by atoms with van der Waals surface area (Å²) in [6, 6.07) is 11.7. The molecule has 0 atom stereocenters. The minimum absolute atomic E-state index is 0.00348. The van der Waals surface area contributed by atoms with Gasteiger partial charge in [0.1, 0.15) is 5.75 Å². The largest absolute Gasteiger partial charge is 0.508 e. The number of benzene rings is 2. The van der Waals surface area contributed by atoms with E-state index in [2.05, 4.69) is 21.2 Å². The van der Waals surface area contributed by atoms with E-state index in [-0.39, 0.29) is 17.2 Å². The van der Waals surface area contributed by atoms with Crippen LogP contribution in [0, 0.1) is 0 Å². The van der Waals surface area contributed by atoms with Crippen molar-refractivity contribution in [2.24, 2.45) is 0 Å². The number of aromatic hydroxyl groups is 1. The molecule has 0 bridgehead atoms. The van der Waals surface area contributed by atoms with Crippen LogP contribution < -0.4 is 5.32 Å². The molecule has 0 spiro atoms. The molecule has 2 rings (SSSR count). The Morgan fingerprint density at radius 2 is 2.05 bits per heavy atom. The van der Waals surface area contributed by atoms with Gasteiger partial charge in [-0.1, -0.05) is 39.7 Å². The maximum absolute atomic E-state index is 12.1. The number of phenolic OH excluding ortho intramolecular Hbond substituents is 1. The molecule has 5 heteroatoms. The molecule has 2 aromatic carbocycles. The molecular formula is C14H11BrClNO2. The van der Waals surface area contributed by atoms with E-state index in [1.165, 1.54) is 18.2 Å². The molecule has 0 radical (unpaired) electrons. The van der Waals surface area contributed by atoms with E-state index in [1.54, 1.807) is 6.07 Å². The summed E-state index contributed by atoms with van der Waals surface area (Å²) in [5, 5.41) is 13.1. The van der Waals surface area contributed by atoms with Gasteiger partial charge in [0, 0.05) is 11.0 Å². The molecule has 3 nitrogen and oxygen atoms in total. The van der Waals surface area contributed by atoms with Crippen LogP contribution in [0.1, 0.15) is 15.9 Å². The van der Waals surface area contributed by atoms with Crippen molar-refractivity contribution in [3.8, 4) is 5.75 Å². The van der Waals surface area contributed by atoms with Gasteiger partial charge in [0.15, 0.2) is 0 Å². The van der Waals surface area contributed by atoms with Gasteiger partial charge >= 0.3 is 0 Å². The van der Waals surface area contributed by atoms with Crippen molar-refractivity contribution in [1.82, 2.24) is 0 Å². The van der Waals surface area contributed by atoms with Crippen molar-refractivity contribution < 1.29 is 9.90 Å². The zero-order valence-corrected chi connectivity index (χ0v) is 12.2. The summed E-state index contributed by atoms with van der Waals surface area (Å²) in [5.74, 6) is -0.351. The number of anilines is 1. The standard InChI is InChI=1S/C14H11BrClNO2/c15-8-9-2-1-3-10(6-9)17-14(19)12-7-11(18)4-5-13(12)16/h1-7,18H,8H2,(H,17,19). The second-order valence-electron chi connectivity index (χ2n) is 3.95. The van der Waals surface area contributed by atoms with Crippen LogP contribution in [-0.2, 0) is 5.33 Å². The summed E-state index contributed by atoms with van der Waals surface area (Å²) in [6.07, 6.45) is 0. The smallest absolute Gasteiger partial charge is 0.257 e. The molecule has 0 unspecified atom stereocenters. The maximum Gasteiger partial charge on any atom is 0.257 e. The number of rotatable bonds is 3. The van der Waals surface area contributed by atoms with Gasteiger partial charge in [-0.2, -0.15) is 0 Å². The highest BCUT2D eigenvalue weighted by Crippen LogP contribution is 2.22. The minimum atomic E-state index is -0.354. The summed E-state index contributed by atoms with van der Waals surface area (Å²) in [4.78, 5) is 12.1. The Hall–Kier alpha value is -1.52. The fourth-order valence-corrected chi connectivity index (χ4v) is 2.17. The summed E-state index contributed by atoms with van der Waals surface area (Å²) < 4.78 is 0. The van der Waals surface area contributed by atoms with Gasteiger partial charge in [-0.15, -0.1) is 0 Å². The average Bonchev–Trinajstić information content (AvgIpc) is 2.41. The summed E-state index contributed by atoms with van der Waals surface area (Å²) in [5.41, 5.74) is 1.98. The lowest BCUT2D eigenvalue weighted by atomic mass is 10.1. The molecule has 0 aromatic heterocycles. The highest BCUT2D eigenvalue weighted by Gasteiger charge is 2.11. The lowest BCUT2D eigenvalue weighted by molar-refractivity contribution is 0.102. The quantitative estimate of drug-likeness (QED) is 0.823. The zero-order valence-electron chi connectivity index (χ0n) is 9.86. The number of phenols is 1. The Bertz CT molecular complexity index is 616. The topological polar surface area (TPSA) is 49.3 Å². The van der Waals surface area contributed by atoms with E-state index in [1.807, 2.05) is 18.2 Å². The van der Waals surface area contributed by atoms with Crippen LogP contribution >= 0.6 is 27.5 Å². The fourth-order valence-electron chi connectivity index (χ4n) is 1.62. The molecule has 98 valence electrons. The molecule has 0 saturated heterocycles. The molecule has 1 amide bonds. The fraction of sp³-hybridized carbons (Fsp3) is 0.0714. The van der Waals surface area contributed by atoms with E-state index < -0.39 is 0 Å². The number of carbonyl (C=O) groups excluding carboxylic acids is 1. The first-order chi connectivity index (χ1) is 9.10. The van der Waals surface area contributed by atoms with Crippen LogP contribution in [0.2, 0.25) is 5.02 Å². The molecule has 0 aliphatic heterocycles. The van der Waals surface area contributed by atoms with E-state index >= 15 is 0 Å². The van der Waals surface area contributed by atoms with Crippen LogP contribution in [0.3, 0.4) is 0 Å². The number of alkyl halides is 1. The third kappa shape index (κ3) is 3.49. The predicted molar refractivity (Wildman–Crippen MR) is 80.1 cm³/mol. The molecule has 0 aliphatic rings. The molecule has 2 aromatic rings. The predicted octanol–water partition coefficient (Wildman–Crippen LogP) is 4.19. The van der Waals surface area contributed by atoms with E-state index in [9.17, 15) is 9.90 Å². The second-order valence-corrected chi connectivity index (χ2v) is 4.92. The van der Waals surface area contributed by atoms with Crippen molar-refractivity contribution in [1.29, 1.82) is 0 Å². The van der Waals surface area contributed by atoms with Gasteiger partial charge in [-0.05, 0) is 35.9 Å². The maximum atomic E-state index is 12.1. The van der Waals surface area contributed by atoms with Crippen molar-refractivity contribution in [3.05, 3.63) is 58.6 Å². The number of halogens is 2. The molecule has 0 aliphatic carbocycles. The van der Waals surface area contributed by atoms with Gasteiger partial charge in [0.2, 0.25) is 0 Å². The Kier molecular flexibility index (Phi) is 4.45. The van der Waals surface area contributed by atoms with Crippen LogP contribution in [-0.4, -0.2) is 11.0 Å². The van der Waals surface area contributed by atoms with E-state index in [0.29, 0.717) is 16.0 Å². The first-order valence-electron chi connectivity index (χ1n) is 5.55. The third-order valence-electron chi connectivity index (χ3n) is 2.53. The molecule has 2 N–H and O–H groups in total. The Morgan fingerprint density at radius 3 is 2.79 bits per heavy atom. The van der Waals surface area contributed by atoms with Gasteiger partial charge < -0.3 is 10.4 Å². The second kappa shape index (κ2) is 6.08. The number of hydrogen-bond donors (Lipinski definition) is 2. The van der Waals surface area contributed by atoms with Gasteiger partial charge in [0.05, 0.1) is 10.6 Å². The lowest BCUT2D eigenvalue weighted by Gasteiger charge is -2.08. The lowest BCUT2D eigenvalue weighted by Crippen LogP contribution is -2.12. The van der Waals surface area contributed by atoms with Gasteiger partial charge in [0.25, 0.3) is 5.91 Å². The van der Waals surface area contributed by atoms with Crippen molar-refractivity contribution in [3.63, 3.8) is 0 Å². The zero-order chi connectivity index (χ0) is 13.8. The van der Waals surface area contributed by atoms with Crippen LogP contribution in [0.5, 0.6) is 5.75 Å². The third-order valence-corrected chi connectivity index (χ3v) is 3.51. The average molecular weight is 341 g/mol. The highest BCUT2D eigenvalue weighted by molar-refractivity contribution is 9.08. The van der Waals surface area contributed by atoms with Gasteiger partial charge in [-0.3, -0.25) is 4.79 Å². The summed E-state index contributed by atoms with van der Waals surface area (Å²) in [6.45, 7) is 0. The van der Waals surface area contributed by atoms with Crippen LogP contribution in [0.25, 0.3) is 0 Å². The van der Waals surface area contributed by atoms with Crippen molar-refractivity contribution >= 4 is 39.1 Å². The highest BCUT2D eigenvalue weighted by atomic mass is 79.9. The molecular weight excluding hydrogens is 330 g/mol. The van der Waals surface area contributed by atoms with Crippen LogP contribution in [0.15, 0.2) is 42.5 Å². The first kappa shape index (κ1) is 13.9. The normalized spacial score (nSPS) is 10.2. The molecule has 0 heterocycles. The number of nitrogens with one attached hydrogen (secondary N) is 1. The monoisotopic (exact) mass is 339 g/mol. The Balaban J connectivity index is 2.23. The summed E-state index contributed by atoms with van der Waals surface area (Å²) >= 11 is 9.29. The van der Waals surface area contributed by atoms with Gasteiger partial charge in [-0.25, -0.2) is 0 Å². The Labute approximate surface area is 124 Å². The Morgan fingerprint density at radius 1 is 1.26 bits per heavy atom. The number of carbonyl (C=O) groups is 1. The SMILES string of the molecule is O=C(Nc1cccc(CBr)c1)c1cc(O)ccc1Cl. The van der Waals surface area contributed by atoms with Crippen molar-refractivity contribution in [2.45, 2.75) is 5.33 Å². The van der Waals surface area contributed by atoms with Crippen LogP contribution in [0.4, 0.5) is 5.69 Å². The minimum Gasteiger partial charge on any atom is -0.508 e. The van der Waals surface area contributed by atoms with E-state index in [0.717, 1.165) is 5.56 Å². The number of amides is 1. The van der Waals surface area contributed by atoms with Crippen molar-refractivity contribution in [2.75, 3.05) is 5.32 Å².